The van der Waals surface area contributed by atoms with Crippen LogP contribution in [-0.4, -0.2) is 46.8 Å². The van der Waals surface area contributed by atoms with Crippen LogP contribution in [0.3, 0.4) is 0 Å². The van der Waals surface area contributed by atoms with Crippen LogP contribution in [0.15, 0.2) is 58.9 Å². The Morgan fingerprint density at radius 2 is 1.66 bits per heavy atom. The molecule has 0 unspecified atom stereocenters. The number of carbonyl (C=O) groups is 2. The molecule has 8 nitrogen and oxygen atoms in total. The molecule has 0 amide bonds. The maximum atomic E-state index is 13.9. The van der Waals surface area contributed by atoms with Gasteiger partial charge in [0.25, 0.3) is 0 Å². The number of ether oxygens (including phenoxy) is 5. The van der Waals surface area contributed by atoms with Gasteiger partial charge in [-0.25, -0.2) is 4.79 Å². The number of carbonyl (C=O) groups excluding carboxylic acids is 2. The third-order valence-corrected chi connectivity index (χ3v) is 7.12. The summed E-state index contributed by atoms with van der Waals surface area (Å²) in [5.41, 5.74) is 4.14. The molecular weight excluding hydrogens is 486 g/mol. The van der Waals surface area contributed by atoms with Crippen molar-refractivity contribution in [3.8, 4) is 23.0 Å². The second kappa shape index (κ2) is 11.6. The fourth-order valence-electron chi connectivity index (χ4n) is 5.29. The summed E-state index contributed by atoms with van der Waals surface area (Å²) in [6.07, 6.45) is 1.59. The van der Waals surface area contributed by atoms with Crippen molar-refractivity contribution in [3.63, 3.8) is 0 Å². The number of ketones is 1. The Kier molecular flexibility index (Phi) is 8.29. The van der Waals surface area contributed by atoms with Crippen molar-refractivity contribution in [1.29, 1.82) is 0 Å². The monoisotopic (exact) mass is 521 g/mol. The van der Waals surface area contributed by atoms with Crippen LogP contribution in [0.2, 0.25) is 0 Å². The lowest BCUT2D eigenvalue weighted by atomic mass is 9.71. The van der Waals surface area contributed by atoms with Gasteiger partial charge in [0.2, 0.25) is 0 Å². The lowest BCUT2D eigenvalue weighted by Crippen LogP contribution is -2.36. The fraction of sp³-hybridized carbons (Fsp3) is 0.400. The standard InChI is InChI=1S/C30H35NO7/c1-7-12-38-30(33)27-17(2)31-22-13-19(18-8-11-24(35-4)26(15-18)37-6)14-23(32)29(22)28(27)21-10-9-20(34-3)16-25(21)36-5/h8-11,15-16,19,28,31H,7,12-14H2,1-6H3/t19-,28-/m1/s1. The van der Waals surface area contributed by atoms with E-state index in [2.05, 4.69) is 5.32 Å². The fourth-order valence-corrected chi connectivity index (χ4v) is 5.29. The van der Waals surface area contributed by atoms with Crippen LogP contribution in [0.1, 0.15) is 56.1 Å². The maximum absolute atomic E-state index is 13.9. The van der Waals surface area contributed by atoms with Gasteiger partial charge in [-0.2, -0.15) is 0 Å². The van der Waals surface area contributed by atoms with Crippen molar-refractivity contribution in [1.82, 2.24) is 5.32 Å². The van der Waals surface area contributed by atoms with Crippen LogP contribution < -0.4 is 24.3 Å². The van der Waals surface area contributed by atoms with Crippen molar-refractivity contribution in [2.24, 2.45) is 0 Å². The van der Waals surface area contributed by atoms with Crippen molar-refractivity contribution < 1.29 is 33.3 Å². The summed E-state index contributed by atoms with van der Waals surface area (Å²) in [6.45, 7) is 4.08. The smallest absolute Gasteiger partial charge is 0.336 e. The Morgan fingerprint density at radius 1 is 0.921 bits per heavy atom. The van der Waals surface area contributed by atoms with Crippen LogP contribution in [0.5, 0.6) is 23.0 Å². The Bertz CT molecular complexity index is 1290. The molecule has 0 saturated heterocycles. The van der Waals surface area contributed by atoms with Crippen LogP contribution in [0.4, 0.5) is 0 Å². The maximum Gasteiger partial charge on any atom is 0.336 e. The molecule has 1 N–H and O–H groups in total. The molecule has 1 aliphatic heterocycles. The van der Waals surface area contributed by atoms with E-state index in [1.54, 1.807) is 34.5 Å². The van der Waals surface area contributed by atoms with Gasteiger partial charge in [0.05, 0.1) is 46.5 Å². The van der Waals surface area contributed by atoms with Crippen LogP contribution in [-0.2, 0) is 14.3 Å². The highest BCUT2D eigenvalue weighted by molar-refractivity contribution is 6.04. The number of methoxy groups -OCH3 is 4. The lowest BCUT2D eigenvalue weighted by Gasteiger charge is -2.37. The molecule has 0 saturated carbocycles. The molecular formula is C30H35NO7. The number of dihydropyridines is 1. The Morgan fingerprint density at radius 3 is 2.32 bits per heavy atom. The molecule has 202 valence electrons. The van der Waals surface area contributed by atoms with Gasteiger partial charge < -0.3 is 29.0 Å². The summed E-state index contributed by atoms with van der Waals surface area (Å²) in [5, 5.41) is 3.38. The summed E-state index contributed by atoms with van der Waals surface area (Å²) in [7, 11) is 6.33. The minimum absolute atomic E-state index is 0.0327. The van der Waals surface area contributed by atoms with Gasteiger partial charge in [-0.05, 0) is 49.4 Å². The van der Waals surface area contributed by atoms with E-state index in [0.29, 0.717) is 71.3 Å². The first-order valence-corrected chi connectivity index (χ1v) is 12.7. The first-order chi connectivity index (χ1) is 18.4. The second-order valence-corrected chi connectivity index (χ2v) is 9.38. The molecule has 0 fully saturated rings. The lowest BCUT2D eigenvalue weighted by molar-refractivity contribution is -0.139. The summed E-state index contributed by atoms with van der Waals surface area (Å²) in [6, 6.07) is 11.2. The molecule has 38 heavy (non-hydrogen) atoms. The average molecular weight is 522 g/mol. The molecule has 0 aromatic heterocycles. The molecule has 4 rings (SSSR count). The number of nitrogens with one attached hydrogen (secondary N) is 1. The van der Waals surface area contributed by atoms with Gasteiger partial charge >= 0.3 is 5.97 Å². The van der Waals surface area contributed by atoms with Gasteiger partial charge in [0.15, 0.2) is 17.3 Å². The minimum atomic E-state index is -0.629. The van der Waals surface area contributed by atoms with E-state index >= 15 is 0 Å². The van der Waals surface area contributed by atoms with Gasteiger partial charge in [-0.3, -0.25) is 4.79 Å². The molecule has 2 aromatic rings. The van der Waals surface area contributed by atoms with E-state index in [0.717, 1.165) is 11.3 Å². The number of hydrogen-bond donors (Lipinski definition) is 1. The van der Waals surface area contributed by atoms with Gasteiger partial charge in [-0.15, -0.1) is 0 Å². The molecule has 2 aliphatic rings. The average Bonchev–Trinajstić information content (AvgIpc) is 2.94. The summed E-state index contributed by atoms with van der Waals surface area (Å²) in [5.74, 6) is 1.24. The van der Waals surface area contributed by atoms with Crippen molar-refractivity contribution in [2.45, 2.75) is 44.9 Å². The number of benzene rings is 2. The number of hydrogen-bond acceptors (Lipinski definition) is 8. The third kappa shape index (κ3) is 5.08. The van der Waals surface area contributed by atoms with E-state index in [-0.39, 0.29) is 11.7 Å². The third-order valence-electron chi connectivity index (χ3n) is 7.12. The molecule has 0 spiro atoms. The zero-order valence-corrected chi connectivity index (χ0v) is 22.8. The predicted octanol–water partition coefficient (Wildman–Crippen LogP) is 5.04. The zero-order chi connectivity index (χ0) is 27.4. The molecule has 8 heteroatoms. The second-order valence-electron chi connectivity index (χ2n) is 9.38. The van der Waals surface area contributed by atoms with E-state index in [1.165, 1.54) is 0 Å². The molecule has 2 atom stereocenters. The number of Topliss-reactive ketones (excluding diaryl/α,β-unsaturated/α-hetero) is 1. The number of rotatable bonds is 9. The first kappa shape index (κ1) is 27.1. The minimum Gasteiger partial charge on any atom is -0.497 e. The molecule has 1 heterocycles. The Hall–Kier alpha value is -3.94. The summed E-state index contributed by atoms with van der Waals surface area (Å²) >= 11 is 0. The molecule has 0 bridgehead atoms. The SMILES string of the molecule is CCCOC(=O)C1=C(C)NC2=C(C(=O)C[C@H](c3ccc(OC)c(OC)c3)C2)[C@@H]1c1ccc(OC)cc1OC. The summed E-state index contributed by atoms with van der Waals surface area (Å²) in [4.78, 5) is 27.2. The quantitative estimate of drug-likeness (QED) is 0.459. The highest BCUT2D eigenvalue weighted by Crippen LogP contribution is 2.48. The predicted molar refractivity (Wildman–Crippen MR) is 143 cm³/mol. The Labute approximate surface area is 223 Å². The normalized spacial score (nSPS) is 18.9. The topological polar surface area (TPSA) is 92.3 Å². The number of allylic oxidation sites excluding steroid dienone is 3. The molecule has 1 aliphatic carbocycles. The van der Waals surface area contributed by atoms with Crippen LogP contribution in [0, 0.1) is 0 Å². The van der Waals surface area contributed by atoms with Crippen molar-refractivity contribution in [3.05, 3.63) is 70.1 Å². The van der Waals surface area contributed by atoms with Gasteiger partial charge in [0, 0.05) is 35.0 Å². The number of esters is 1. The van der Waals surface area contributed by atoms with E-state index < -0.39 is 11.9 Å². The van der Waals surface area contributed by atoms with Gasteiger partial charge in [-0.1, -0.05) is 19.1 Å². The van der Waals surface area contributed by atoms with Crippen LogP contribution >= 0.6 is 0 Å². The largest absolute Gasteiger partial charge is 0.497 e. The zero-order valence-electron chi connectivity index (χ0n) is 22.8. The molecule has 0 radical (unpaired) electrons. The van der Waals surface area contributed by atoms with Gasteiger partial charge in [0.1, 0.15) is 11.5 Å². The van der Waals surface area contributed by atoms with Crippen LogP contribution in [0.25, 0.3) is 0 Å². The Balaban J connectivity index is 1.81. The highest BCUT2D eigenvalue weighted by atomic mass is 16.5. The molecule has 2 aromatic carbocycles. The van der Waals surface area contributed by atoms with E-state index in [4.69, 9.17) is 23.7 Å². The van der Waals surface area contributed by atoms with Crippen molar-refractivity contribution in [2.75, 3.05) is 35.0 Å². The van der Waals surface area contributed by atoms with Crippen molar-refractivity contribution >= 4 is 11.8 Å². The highest BCUT2D eigenvalue weighted by Gasteiger charge is 2.42. The first-order valence-electron chi connectivity index (χ1n) is 12.7. The van der Waals surface area contributed by atoms with E-state index in [9.17, 15) is 9.59 Å². The van der Waals surface area contributed by atoms with E-state index in [1.807, 2.05) is 44.2 Å². The summed E-state index contributed by atoms with van der Waals surface area (Å²) < 4.78 is 27.5.